The molecule has 2 rings (SSSR count). The maximum atomic E-state index is 12.8. The van der Waals surface area contributed by atoms with Crippen molar-refractivity contribution in [2.24, 2.45) is 0 Å². The lowest BCUT2D eigenvalue weighted by atomic mass is 9.92. The number of carbonyl (C=O) groups is 2. The molecule has 1 saturated carbocycles. The standard InChI is InChI=1S/C17H23NO3/c1-10-7-11(2)16(12(3)8-10)17(20)14(9-15(19)21-4)18-13-5-6-13/h7-8,13-14,18H,5-6,9H2,1-4H3. The highest BCUT2D eigenvalue weighted by molar-refractivity contribution is 6.04. The van der Waals surface area contributed by atoms with Crippen molar-refractivity contribution in [2.45, 2.75) is 52.1 Å². The lowest BCUT2D eigenvalue weighted by Crippen LogP contribution is -2.40. The van der Waals surface area contributed by atoms with Gasteiger partial charge in [0.15, 0.2) is 5.78 Å². The molecule has 1 atom stereocenters. The van der Waals surface area contributed by atoms with Gasteiger partial charge in [-0.1, -0.05) is 17.7 Å². The molecular weight excluding hydrogens is 266 g/mol. The largest absolute Gasteiger partial charge is 0.469 e. The average Bonchev–Trinajstić information content (AvgIpc) is 3.20. The fourth-order valence-electron chi connectivity index (χ4n) is 2.75. The van der Waals surface area contributed by atoms with Crippen LogP contribution in [0.2, 0.25) is 0 Å². The monoisotopic (exact) mass is 289 g/mol. The molecule has 4 heteroatoms. The van der Waals surface area contributed by atoms with Crippen molar-refractivity contribution in [1.29, 1.82) is 0 Å². The van der Waals surface area contributed by atoms with Gasteiger partial charge in [-0.05, 0) is 44.7 Å². The van der Waals surface area contributed by atoms with Gasteiger partial charge in [0.25, 0.3) is 0 Å². The third kappa shape index (κ3) is 3.91. The molecule has 0 radical (unpaired) electrons. The van der Waals surface area contributed by atoms with Crippen LogP contribution in [0.15, 0.2) is 12.1 Å². The van der Waals surface area contributed by atoms with Gasteiger partial charge in [-0.15, -0.1) is 0 Å². The molecular formula is C17H23NO3. The van der Waals surface area contributed by atoms with Crippen LogP contribution in [0, 0.1) is 20.8 Å². The molecule has 1 aromatic rings. The Kier molecular flexibility index (Phi) is 4.78. The molecule has 114 valence electrons. The molecule has 0 bridgehead atoms. The number of benzene rings is 1. The van der Waals surface area contributed by atoms with E-state index in [4.69, 9.17) is 4.74 Å². The summed E-state index contributed by atoms with van der Waals surface area (Å²) in [5.41, 5.74) is 3.79. The zero-order valence-electron chi connectivity index (χ0n) is 13.2. The molecule has 1 aliphatic carbocycles. The summed E-state index contributed by atoms with van der Waals surface area (Å²) in [5.74, 6) is -0.369. The maximum Gasteiger partial charge on any atom is 0.307 e. The number of nitrogens with one attached hydrogen (secondary N) is 1. The van der Waals surface area contributed by atoms with Crippen LogP contribution in [0.5, 0.6) is 0 Å². The van der Waals surface area contributed by atoms with Crippen molar-refractivity contribution in [1.82, 2.24) is 5.32 Å². The first kappa shape index (κ1) is 15.7. The Morgan fingerprint density at radius 1 is 1.24 bits per heavy atom. The van der Waals surface area contributed by atoms with E-state index in [0.717, 1.165) is 35.1 Å². The van der Waals surface area contributed by atoms with Crippen molar-refractivity contribution >= 4 is 11.8 Å². The Bertz CT molecular complexity index is 538. The second kappa shape index (κ2) is 6.39. The summed E-state index contributed by atoms with van der Waals surface area (Å²) < 4.78 is 4.72. The number of carbonyl (C=O) groups excluding carboxylic acids is 2. The molecule has 1 aromatic carbocycles. The number of Topliss-reactive ketones (excluding diaryl/α,β-unsaturated/α-hetero) is 1. The van der Waals surface area contributed by atoms with Gasteiger partial charge in [0, 0.05) is 11.6 Å². The van der Waals surface area contributed by atoms with Crippen LogP contribution in [0.4, 0.5) is 0 Å². The van der Waals surface area contributed by atoms with Gasteiger partial charge in [0.2, 0.25) is 0 Å². The van der Waals surface area contributed by atoms with E-state index in [1.165, 1.54) is 7.11 Å². The normalized spacial score (nSPS) is 15.6. The minimum absolute atomic E-state index is 0.0118. The van der Waals surface area contributed by atoms with Gasteiger partial charge in [0.1, 0.15) is 0 Å². The zero-order chi connectivity index (χ0) is 15.6. The second-order valence-electron chi connectivity index (χ2n) is 5.91. The molecule has 0 aliphatic heterocycles. The fraction of sp³-hybridized carbons (Fsp3) is 0.529. The van der Waals surface area contributed by atoms with Crippen LogP contribution >= 0.6 is 0 Å². The molecule has 1 fully saturated rings. The van der Waals surface area contributed by atoms with Crippen LogP contribution in [0.25, 0.3) is 0 Å². The van der Waals surface area contributed by atoms with Gasteiger partial charge in [-0.2, -0.15) is 0 Å². The minimum atomic E-state index is -0.495. The molecule has 0 spiro atoms. The Balaban J connectivity index is 2.26. The Hall–Kier alpha value is -1.68. The number of aryl methyl sites for hydroxylation is 3. The second-order valence-corrected chi connectivity index (χ2v) is 5.91. The van der Waals surface area contributed by atoms with Crippen molar-refractivity contribution in [3.63, 3.8) is 0 Å². The molecule has 0 saturated heterocycles. The zero-order valence-corrected chi connectivity index (χ0v) is 13.2. The van der Waals surface area contributed by atoms with Gasteiger partial charge in [-0.3, -0.25) is 9.59 Å². The molecule has 1 aliphatic rings. The van der Waals surface area contributed by atoms with Crippen LogP contribution in [0.1, 0.15) is 46.3 Å². The van der Waals surface area contributed by atoms with Gasteiger partial charge in [0.05, 0.1) is 19.6 Å². The smallest absolute Gasteiger partial charge is 0.307 e. The summed E-state index contributed by atoms with van der Waals surface area (Å²) in [7, 11) is 1.35. The van der Waals surface area contributed by atoms with E-state index in [1.807, 2.05) is 32.9 Å². The van der Waals surface area contributed by atoms with Crippen molar-refractivity contribution in [2.75, 3.05) is 7.11 Å². The summed E-state index contributed by atoms with van der Waals surface area (Å²) in [6.45, 7) is 5.90. The number of hydrogen-bond acceptors (Lipinski definition) is 4. The number of hydrogen-bond donors (Lipinski definition) is 1. The highest BCUT2D eigenvalue weighted by atomic mass is 16.5. The molecule has 4 nitrogen and oxygen atoms in total. The number of rotatable bonds is 6. The van der Waals surface area contributed by atoms with E-state index < -0.39 is 6.04 Å². The number of esters is 1. The predicted molar refractivity (Wildman–Crippen MR) is 81.6 cm³/mol. The molecule has 0 heterocycles. The van der Waals surface area contributed by atoms with E-state index in [1.54, 1.807) is 0 Å². The molecule has 21 heavy (non-hydrogen) atoms. The number of ether oxygens (including phenoxy) is 1. The van der Waals surface area contributed by atoms with Gasteiger partial charge >= 0.3 is 5.97 Å². The minimum Gasteiger partial charge on any atom is -0.469 e. The first-order valence-electron chi connectivity index (χ1n) is 7.37. The third-order valence-electron chi connectivity index (χ3n) is 3.85. The van der Waals surface area contributed by atoms with Gasteiger partial charge < -0.3 is 10.1 Å². The lowest BCUT2D eigenvalue weighted by molar-refractivity contribution is -0.141. The van der Waals surface area contributed by atoms with Crippen molar-refractivity contribution < 1.29 is 14.3 Å². The first-order valence-corrected chi connectivity index (χ1v) is 7.37. The third-order valence-corrected chi connectivity index (χ3v) is 3.85. The summed E-state index contributed by atoms with van der Waals surface area (Å²) >= 11 is 0. The van der Waals surface area contributed by atoms with Crippen molar-refractivity contribution in [3.05, 3.63) is 34.4 Å². The molecule has 0 amide bonds. The summed E-state index contributed by atoms with van der Waals surface area (Å²) in [6, 6.07) is 3.87. The van der Waals surface area contributed by atoms with Crippen LogP contribution in [0.3, 0.4) is 0 Å². The van der Waals surface area contributed by atoms with E-state index in [0.29, 0.717) is 6.04 Å². The lowest BCUT2D eigenvalue weighted by Gasteiger charge is -2.19. The Labute approximate surface area is 125 Å². The highest BCUT2D eigenvalue weighted by Crippen LogP contribution is 2.23. The number of methoxy groups -OCH3 is 1. The van der Waals surface area contributed by atoms with Crippen LogP contribution < -0.4 is 5.32 Å². The summed E-state index contributed by atoms with van der Waals surface area (Å²) in [4.78, 5) is 24.4. The van der Waals surface area contributed by atoms with E-state index in [9.17, 15) is 9.59 Å². The van der Waals surface area contributed by atoms with Crippen molar-refractivity contribution in [3.8, 4) is 0 Å². The van der Waals surface area contributed by atoms with Crippen LogP contribution in [-0.4, -0.2) is 30.9 Å². The van der Waals surface area contributed by atoms with E-state index in [-0.39, 0.29) is 18.2 Å². The highest BCUT2D eigenvalue weighted by Gasteiger charge is 2.31. The summed E-state index contributed by atoms with van der Waals surface area (Å²) in [6.07, 6.45) is 2.21. The quantitative estimate of drug-likeness (QED) is 0.645. The molecule has 0 aromatic heterocycles. The van der Waals surface area contributed by atoms with E-state index >= 15 is 0 Å². The van der Waals surface area contributed by atoms with E-state index in [2.05, 4.69) is 5.32 Å². The SMILES string of the molecule is COC(=O)CC(NC1CC1)C(=O)c1c(C)cc(C)cc1C. The fourth-order valence-corrected chi connectivity index (χ4v) is 2.75. The Morgan fingerprint density at radius 2 is 1.81 bits per heavy atom. The average molecular weight is 289 g/mol. The topological polar surface area (TPSA) is 55.4 Å². The Morgan fingerprint density at radius 3 is 2.29 bits per heavy atom. The predicted octanol–water partition coefficient (Wildman–Crippen LogP) is 2.48. The summed E-state index contributed by atoms with van der Waals surface area (Å²) in [5, 5.41) is 3.27. The van der Waals surface area contributed by atoms with Crippen LogP contribution in [-0.2, 0) is 9.53 Å². The maximum absolute atomic E-state index is 12.8. The number of ketones is 1. The molecule has 1 N–H and O–H groups in total. The van der Waals surface area contributed by atoms with Gasteiger partial charge in [-0.25, -0.2) is 0 Å². The molecule has 1 unspecified atom stereocenters. The first-order chi connectivity index (χ1) is 9.92.